The lowest BCUT2D eigenvalue weighted by Gasteiger charge is -2.11. The fourth-order valence-electron chi connectivity index (χ4n) is 1.98. The Labute approximate surface area is 159 Å². The summed E-state index contributed by atoms with van der Waals surface area (Å²) < 4.78 is 6.29. The van der Waals surface area contributed by atoms with Crippen molar-refractivity contribution in [2.45, 2.75) is 19.8 Å². The van der Waals surface area contributed by atoms with Crippen molar-refractivity contribution in [1.82, 2.24) is 10.9 Å². The maximum absolute atomic E-state index is 12.2. The molecule has 0 bridgehead atoms. The Kier molecular flexibility index (Phi) is 7.28. The van der Waals surface area contributed by atoms with Crippen LogP contribution in [0.25, 0.3) is 0 Å². The number of halogens is 2. The van der Waals surface area contributed by atoms with E-state index in [0.29, 0.717) is 27.4 Å². The molecule has 0 atom stereocenters. The maximum atomic E-state index is 12.2. The van der Waals surface area contributed by atoms with Gasteiger partial charge in [0.25, 0.3) is 11.8 Å². The van der Waals surface area contributed by atoms with Crippen molar-refractivity contribution >= 4 is 39.3 Å². The number of ether oxygens (including phenoxy) is 1. The molecule has 0 saturated carbocycles. The lowest BCUT2D eigenvalue weighted by Crippen LogP contribution is -2.41. The smallest absolute Gasteiger partial charge is 0.271 e. The molecule has 0 radical (unpaired) electrons. The van der Waals surface area contributed by atoms with Crippen LogP contribution in [-0.4, -0.2) is 18.4 Å². The first-order valence-corrected chi connectivity index (χ1v) is 8.97. The van der Waals surface area contributed by atoms with Crippen LogP contribution >= 0.6 is 27.5 Å². The third kappa shape index (κ3) is 5.47. The Balaban J connectivity index is 1.95. The van der Waals surface area contributed by atoms with Gasteiger partial charge in [-0.05, 0) is 52.7 Å². The molecule has 0 aromatic heterocycles. The topological polar surface area (TPSA) is 67.4 Å². The third-order valence-corrected chi connectivity index (χ3v) is 4.31. The van der Waals surface area contributed by atoms with Gasteiger partial charge in [-0.2, -0.15) is 0 Å². The second-order valence-electron chi connectivity index (χ2n) is 5.24. The SMILES string of the molecule is CCCCOc1ccc(C(=O)NNC(=O)c2ccccc2Cl)cc1Br. The van der Waals surface area contributed by atoms with Gasteiger partial charge in [-0.25, -0.2) is 0 Å². The minimum atomic E-state index is -0.488. The van der Waals surface area contributed by atoms with E-state index in [-0.39, 0.29) is 5.56 Å². The van der Waals surface area contributed by atoms with Gasteiger partial charge in [0.2, 0.25) is 0 Å². The van der Waals surface area contributed by atoms with Crippen LogP contribution < -0.4 is 15.6 Å². The second kappa shape index (κ2) is 9.44. The van der Waals surface area contributed by atoms with Crippen molar-refractivity contribution in [3.8, 4) is 5.75 Å². The summed E-state index contributed by atoms with van der Waals surface area (Å²) in [7, 11) is 0. The highest BCUT2D eigenvalue weighted by Crippen LogP contribution is 2.26. The molecule has 0 heterocycles. The van der Waals surface area contributed by atoms with E-state index in [1.165, 1.54) is 0 Å². The maximum Gasteiger partial charge on any atom is 0.271 e. The summed E-state index contributed by atoms with van der Waals surface area (Å²) in [6.45, 7) is 2.71. The van der Waals surface area contributed by atoms with E-state index in [1.54, 1.807) is 42.5 Å². The van der Waals surface area contributed by atoms with Crippen LogP contribution in [0.1, 0.15) is 40.5 Å². The predicted octanol–water partition coefficient (Wildman–Crippen LogP) is 4.36. The predicted molar refractivity (Wildman–Crippen MR) is 101 cm³/mol. The number of nitrogens with one attached hydrogen (secondary N) is 2. The van der Waals surface area contributed by atoms with E-state index in [4.69, 9.17) is 16.3 Å². The van der Waals surface area contributed by atoms with E-state index in [2.05, 4.69) is 33.7 Å². The number of unbranched alkanes of at least 4 members (excludes halogenated alkanes) is 1. The molecule has 2 N–H and O–H groups in total. The molecule has 132 valence electrons. The monoisotopic (exact) mass is 424 g/mol. The van der Waals surface area contributed by atoms with Crippen LogP contribution in [0.3, 0.4) is 0 Å². The van der Waals surface area contributed by atoms with Crippen molar-refractivity contribution in [2.24, 2.45) is 0 Å². The van der Waals surface area contributed by atoms with Crippen LogP contribution in [0, 0.1) is 0 Å². The van der Waals surface area contributed by atoms with E-state index >= 15 is 0 Å². The number of carbonyl (C=O) groups is 2. The number of rotatable bonds is 6. The molecular weight excluding hydrogens is 408 g/mol. The summed E-state index contributed by atoms with van der Waals surface area (Å²) in [6.07, 6.45) is 2.01. The standard InChI is InChI=1S/C18H18BrClN2O3/c1-2-3-10-25-16-9-8-12(11-14(16)19)17(23)21-22-18(24)13-6-4-5-7-15(13)20/h4-9,11H,2-3,10H2,1H3,(H,21,23)(H,22,24). The molecule has 0 spiro atoms. The van der Waals surface area contributed by atoms with Crippen LogP contribution in [0.15, 0.2) is 46.9 Å². The first-order valence-electron chi connectivity index (χ1n) is 7.80. The normalized spacial score (nSPS) is 10.2. The Morgan fingerprint density at radius 1 is 1.12 bits per heavy atom. The van der Waals surface area contributed by atoms with Crippen LogP contribution in [0.4, 0.5) is 0 Å². The van der Waals surface area contributed by atoms with Crippen molar-refractivity contribution in [2.75, 3.05) is 6.61 Å². The zero-order valence-electron chi connectivity index (χ0n) is 13.6. The largest absolute Gasteiger partial charge is 0.492 e. The van der Waals surface area contributed by atoms with Crippen LogP contribution in [-0.2, 0) is 0 Å². The van der Waals surface area contributed by atoms with E-state index in [0.717, 1.165) is 12.8 Å². The number of benzene rings is 2. The molecule has 7 heteroatoms. The van der Waals surface area contributed by atoms with Gasteiger partial charge in [0.15, 0.2) is 0 Å². The number of amides is 2. The number of hydrazine groups is 1. The van der Waals surface area contributed by atoms with E-state index in [9.17, 15) is 9.59 Å². The number of hydrogen-bond acceptors (Lipinski definition) is 3. The second-order valence-corrected chi connectivity index (χ2v) is 6.50. The quantitative estimate of drug-likeness (QED) is 0.534. The van der Waals surface area contributed by atoms with E-state index in [1.807, 2.05) is 0 Å². The molecule has 0 aliphatic heterocycles. The van der Waals surface area contributed by atoms with Gasteiger partial charge in [0.1, 0.15) is 5.75 Å². The first kappa shape index (κ1) is 19.3. The highest BCUT2D eigenvalue weighted by molar-refractivity contribution is 9.10. The Hall–Kier alpha value is -2.05. The molecule has 0 aliphatic carbocycles. The molecule has 0 unspecified atom stereocenters. The van der Waals surface area contributed by atoms with E-state index < -0.39 is 11.8 Å². The molecular formula is C18H18BrClN2O3. The summed E-state index contributed by atoms with van der Waals surface area (Å²) in [5.41, 5.74) is 5.38. The highest BCUT2D eigenvalue weighted by Gasteiger charge is 2.13. The molecule has 0 aliphatic rings. The summed E-state index contributed by atoms with van der Waals surface area (Å²) in [4.78, 5) is 24.2. The zero-order chi connectivity index (χ0) is 18.2. The summed E-state index contributed by atoms with van der Waals surface area (Å²) in [5, 5.41) is 0.311. The van der Waals surface area contributed by atoms with Gasteiger partial charge >= 0.3 is 0 Å². The van der Waals surface area contributed by atoms with Crippen molar-refractivity contribution < 1.29 is 14.3 Å². The fourth-order valence-corrected chi connectivity index (χ4v) is 2.70. The Bertz CT molecular complexity index is 768. The Morgan fingerprint density at radius 3 is 2.52 bits per heavy atom. The molecule has 2 amide bonds. The minimum absolute atomic E-state index is 0.283. The zero-order valence-corrected chi connectivity index (χ0v) is 16.0. The average Bonchev–Trinajstić information content (AvgIpc) is 2.61. The van der Waals surface area contributed by atoms with Gasteiger partial charge in [0, 0.05) is 5.56 Å². The van der Waals surface area contributed by atoms with Crippen molar-refractivity contribution in [3.05, 3.63) is 63.1 Å². The van der Waals surface area contributed by atoms with Gasteiger partial charge in [-0.3, -0.25) is 20.4 Å². The summed E-state index contributed by atoms with van der Waals surface area (Å²) in [6, 6.07) is 11.6. The summed E-state index contributed by atoms with van der Waals surface area (Å²) >= 11 is 9.33. The Morgan fingerprint density at radius 2 is 1.84 bits per heavy atom. The fraction of sp³-hybridized carbons (Fsp3) is 0.222. The third-order valence-electron chi connectivity index (χ3n) is 3.36. The first-order chi connectivity index (χ1) is 12.0. The van der Waals surface area contributed by atoms with Crippen LogP contribution in [0.5, 0.6) is 5.75 Å². The lowest BCUT2D eigenvalue weighted by molar-refractivity contribution is 0.0846. The number of hydrogen-bond donors (Lipinski definition) is 2. The molecule has 2 rings (SSSR count). The van der Waals surface area contributed by atoms with Crippen LogP contribution in [0.2, 0.25) is 5.02 Å². The van der Waals surface area contributed by atoms with Crippen molar-refractivity contribution in [1.29, 1.82) is 0 Å². The van der Waals surface area contributed by atoms with Gasteiger partial charge in [-0.1, -0.05) is 37.1 Å². The molecule has 2 aromatic carbocycles. The lowest BCUT2D eigenvalue weighted by atomic mass is 10.2. The minimum Gasteiger partial charge on any atom is -0.492 e. The van der Waals surface area contributed by atoms with Gasteiger partial charge in [0.05, 0.1) is 21.7 Å². The number of carbonyl (C=O) groups excluding carboxylic acids is 2. The summed E-state index contributed by atoms with van der Waals surface area (Å²) in [5.74, 6) is -0.260. The molecule has 0 saturated heterocycles. The average molecular weight is 426 g/mol. The van der Waals surface area contributed by atoms with Gasteiger partial charge < -0.3 is 4.74 Å². The van der Waals surface area contributed by atoms with Gasteiger partial charge in [-0.15, -0.1) is 0 Å². The molecule has 25 heavy (non-hydrogen) atoms. The highest BCUT2D eigenvalue weighted by atomic mass is 79.9. The van der Waals surface area contributed by atoms with Crippen molar-refractivity contribution in [3.63, 3.8) is 0 Å². The molecule has 0 fully saturated rings. The molecule has 2 aromatic rings. The molecule has 5 nitrogen and oxygen atoms in total.